The van der Waals surface area contributed by atoms with Crippen LogP contribution in [0, 0.1) is 5.92 Å². The van der Waals surface area contributed by atoms with E-state index in [1.54, 1.807) is 0 Å². The number of halogens is 1. The summed E-state index contributed by atoms with van der Waals surface area (Å²) in [6.07, 6.45) is 2.04. The van der Waals surface area contributed by atoms with Crippen LogP contribution in [0.3, 0.4) is 0 Å². The van der Waals surface area contributed by atoms with Crippen molar-refractivity contribution in [1.82, 2.24) is 14.8 Å². The monoisotopic (exact) mass is 201 g/mol. The molecule has 1 heterocycles. The van der Waals surface area contributed by atoms with Gasteiger partial charge in [0.1, 0.15) is 5.82 Å². The molecule has 0 aliphatic rings. The van der Waals surface area contributed by atoms with Gasteiger partial charge in [0.2, 0.25) is 5.28 Å². The minimum Gasteiger partial charge on any atom is -0.302 e. The maximum absolute atomic E-state index is 5.91. The molecule has 1 rings (SSSR count). The molecule has 3 nitrogen and oxygen atoms in total. The van der Waals surface area contributed by atoms with E-state index in [0.717, 1.165) is 25.2 Å². The normalized spacial score (nSPS) is 13.2. The third kappa shape index (κ3) is 2.44. The van der Waals surface area contributed by atoms with E-state index >= 15 is 0 Å². The molecule has 1 aromatic heterocycles. The second-order valence-electron chi connectivity index (χ2n) is 3.36. The fourth-order valence-corrected chi connectivity index (χ4v) is 1.40. The first-order chi connectivity index (χ1) is 6.19. The van der Waals surface area contributed by atoms with Crippen LogP contribution in [0.15, 0.2) is 0 Å². The Hall–Kier alpha value is -0.570. The lowest BCUT2D eigenvalue weighted by Crippen LogP contribution is -2.09. The molecule has 0 saturated heterocycles. The molecule has 13 heavy (non-hydrogen) atoms. The van der Waals surface area contributed by atoms with Crippen LogP contribution in [-0.2, 0) is 13.0 Å². The van der Waals surface area contributed by atoms with Crippen molar-refractivity contribution in [3.05, 3.63) is 11.1 Å². The van der Waals surface area contributed by atoms with Gasteiger partial charge in [-0.3, -0.25) is 0 Å². The van der Waals surface area contributed by atoms with Gasteiger partial charge in [0.05, 0.1) is 0 Å². The number of hydrogen-bond donors (Lipinski definition) is 0. The van der Waals surface area contributed by atoms with E-state index in [-0.39, 0.29) is 0 Å². The van der Waals surface area contributed by atoms with Gasteiger partial charge in [-0.05, 0) is 17.5 Å². The molecule has 1 atom stereocenters. The summed E-state index contributed by atoms with van der Waals surface area (Å²) in [5.41, 5.74) is 0. The smallest absolute Gasteiger partial charge is 0.225 e. The molecule has 0 radical (unpaired) electrons. The van der Waals surface area contributed by atoms with Gasteiger partial charge in [-0.25, -0.2) is 0 Å². The van der Waals surface area contributed by atoms with Gasteiger partial charge in [-0.1, -0.05) is 27.2 Å². The van der Waals surface area contributed by atoms with E-state index < -0.39 is 0 Å². The highest BCUT2D eigenvalue weighted by molar-refractivity contribution is 6.28. The number of rotatable bonds is 4. The van der Waals surface area contributed by atoms with Gasteiger partial charge in [0.15, 0.2) is 0 Å². The standard InChI is InChI=1S/C9H16ClN3/c1-4-7(3)6-13-8(5-2)11-12-9(13)10/h7H,4-6H2,1-3H3. The highest BCUT2D eigenvalue weighted by Crippen LogP contribution is 2.13. The SMILES string of the molecule is CCc1nnc(Cl)n1CC(C)CC. The maximum Gasteiger partial charge on any atom is 0.225 e. The number of aromatic nitrogens is 3. The number of nitrogens with zero attached hydrogens (tertiary/aromatic N) is 3. The molecular formula is C9H16ClN3. The Bertz CT molecular complexity index is 270. The molecule has 1 aromatic rings. The second kappa shape index (κ2) is 4.61. The van der Waals surface area contributed by atoms with Crippen molar-refractivity contribution in [3.8, 4) is 0 Å². The summed E-state index contributed by atoms with van der Waals surface area (Å²) < 4.78 is 2.00. The van der Waals surface area contributed by atoms with E-state index in [2.05, 4.69) is 31.0 Å². The summed E-state index contributed by atoms with van der Waals surface area (Å²) in [6.45, 7) is 7.36. The molecule has 0 aliphatic heterocycles. The molecule has 0 fully saturated rings. The fraction of sp³-hybridized carbons (Fsp3) is 0.778. The van der Waals surface area contributed by atoms with Crippen LogP contribution in [0.1, 0.15) is 33.0 Å². The number of hydrogen-bond acceptors (Lipinski definition) is 2. The fourth-order valence-electron chi connectivity index (χ4n) is 1.20. The minimum absolute atomic E-state index is 0.511. The predicted molar refractivity (Wildman–Crippen MR) is 53.9 cm³/mol. The Morgan fingerprint density at radius 3 is 2.62 bits per heavy atom. The summed E-state index contributed by atoms with van der Waals surface area (Å²) in [6, 6.07) is 0. The van der Waals surface area contributed by atoms with Gasteiger partial charge < -0.3 is 4.57 Å². The molecule has 0 saturated carbocycles. The lowest BCUT2D eigenvalue weighted by molar-refractivity contribution is 0.458. The molecule has 74 valence electrons. The Kier molecular flexibility index (Phi) is 3.72. The van der Waals surface area contributed by atoms with Gasteiger partial charge >= 0.3 is 0 Å². The van der Waals surface area contributed by atoms with Crippen LogP contribution in [0.4, 0.5) is 0 Å². The largest absolute Gasteiger partial charge is 0.302 e. The Morgan fingerprint density at radius 2 is 2.08 bits per heavy atom. The van der Waals surface area contributed by atoms with E-state index in [1.165, 1.54) is 0 Å². The summed E-state index contributed by atoms with van der Waals surface area (Å²) in [4.78, 5) is 0. The third-order valence-corrected chi connectivity index (χ3v) is 2.57. The summed E-state index contributed by atoms with van der Waals surface area (Å²) >= 11 is 5.91. The Labute approximate surface area is 84.1 Å². The highest BCUT2D eigenvalue weighted by Gasteiger charge is 2.10. The van der Waals surface area contributed by atoms with Crippen LogP contribution in [0.2, 0.25) is 5.28 Å². The first kappa shape index (κ1) is 10.5. The summed E-state index contributed by atoms with van der Waals surface area (Å²) in [5, 5.41) is 8.37. The van der Waals surface area contributed by atoms with Crippen LogP contribution in [0.25, 0.3) is 0 Å². The van der Waals surface area contributed by atoms with Gasteiger partial charge in [-0.15, -0.1) is 10.2 Å². The molecule has 0 amide bonds. The van der Waals surface area contributed by atoms with Crippen molar-refractivity contribution in [2.24, 2.45) is 5.92 Å². The zero-order chi connectivity index (χ0) is 9.84. The average molecular weight is 202 g/mol. The van der Waals surface area contributed by atoms with Gasteiger partial charge in [0, 0.05) is 13.0 Å². The van der Waals surface area contributed by atoms with Crippen molar-refractivity contribution >= 4 is 11.6 Å². The molecule has 0 spiro atoms. The molecule has 0 aliphatic carbocycles. The lowest BCUT2D eigenvalue weighted by atomic mass is 10.1. The summed E-state index contributed by atoms with van der Waals surface area (Å²) in [5.74, 6) is 1.60. The molecule has 0 bridgehead atoms. The van der Waals surface area contributed by atoms with E-state index in [4.69, 9.17) is 11.6 Å². The van der Waals surface area contributed by atoms with Crippen LogP contribution in [-0.4, -0.2) is 14.8 Å². The van der Waals surface area contributed by atoms with Crippen molar-refractivity contribution in [2.45, 2.75) is 40.2 Å². The first-order valence-electron chi connectivity index (χ1n) is 4.76. The zero-order valence-electron chi connectivity index (χ0n) is 8.42. The van der Waals surface area contributed by atoms with Gasteiger partial charge in [-0.2, -0.15) is 0 Å². The highest BCUT2D eigenvalue weighted by atomic mass is 35.5. The number of aryl methyl sites for hydroxylation is 1. The van der Waals surface area contributed by atoms with Crippen LogP contribution >= 0.6 is 11.6 Å². The van der Waals surface area contributed by atoms with E-state index in [1.807, 2.05) is 4.57 Å². The molecule has 1 unspecified atom stereocenters. The Morgan fingerprint density at radius 1 is 1.38 bits per heavy atom. The quantitative estimate of drug-likeness (QED) is 0.750. The molecular weight excluding hydrogens is 186 g/mol. The molecule has 0 aromatic carbocycles. The molecule has 0 N–H and O–H groups in total. The van der Waals surface area contributed by atoms with Crippen molar-refractivity contribution in [2.75, 3.05) is 0 Å². The van der Waals surface area contributed by atoms with Crippen LogP contribution < -0.4 is 0 Å². The molecule has 4 heteroatoms. The van der Waals surface area contributed by atoms with Crippen molar-refractivity contribution in [3.63, 3.8) is 0 Å². The first-order valence-corrected chi connectivity index (χ1v) is 5.14. The van der Waals surface area contributed by atoms with Crippen molar-refractivity contribution < 1.29 is 0 Å². The average Bonchev–Trinajstić information content (AvgIpc) is 2.48. The van der Waals surface area contributed by atoms with E-state index in [0.29, 0.717) is 11.2 Å². The summed E-state index contributed by atoms with van der Waals surface area (Å²) in [7, 11) is 0. The Balaban J connectivity index is 2.79. The maximum atomic E-state index is 5.91. The van der Waals surface area contributed by atoms with Gasteiger partial charge in [0.25, 0.3) is 0 Å². The predicted octanol–water partition coefficient (Wildman–Crippen LogP) is 2.54. The zero-order valence-corrected chi connectivity index (χ0v) is 9.17. The van der Waals surface area contributed by atoms with Crippen LogP contribution in [0.5, 0.6) is 0 Å². The second-order valence-corrected chi connectivity index (χ2v) is 3.70. The minimum atomic E-state index is 0.511. The third-order valence-electron chi connectivity index (χ3n) is 2.29. The van der Waals surface area contributed by atoms with Crippen molar-refractivity contribution in [1.29, 1.82) is 0 Å². The van der Waals surface area contributed by atoms with E-state index in [9.17, 15) is 0 Å². The lowest BCUT2D eigenvalue weighted by Gasteiger charge is -2.11. The topological polar surface area (TPSA) is 30.7 Å².